The number of carbonyl (C=O) groups is 1. The highest BCUT2D eigenvalue weighted by Crippen LogP contribution is 2.39. The van der Waals surface area contributed by atoms with E-state index in [1.165, 1.54) is 12.1 Å². The van der Waals surface area contributed by atoms with Crippen molar-refractivity contribution >= 4 is 11.6 Å². The third-order valence-corrected chi connectivity index (χ3v) is 4.09. The van der Waals surface area contributed by atoms with Crippen molar-refractivity contribution in [1.82, 2.24) is 0 Å². The van der Waals surface area contributed by atoms with E-state index >= 15 is 0 Å². The fourth-order valence-corrected chi connectivity index (χ4v) is 2.90. The number of aliphatic hydroxyl groups excluding tert-OH is 1. The van der Waals surface area contributed by atoms with E-state index in [1.807, 2.05) is 6.07 Å². The molecule has 1 atom stereocenters. The molecule has 0 bridgehead atoms. The van der Waals surface area contributed by atoms with Gasteiger partial charge in [-0.1, -0.05) is 12.1 Å². The maximum absolute atomic E-state index is 11.3. The topological polar surface area (TPSA) is 116 Å². The van der Waals surface area contributed by atoms with Gasteiger partial charge < -0.3 is 15.6 Å². The Bertz CT molecular complexity index is 819. The molecule has 2 aromatic carbocycles. The van der Waals surface area contributed by atoms with Crippen LogP contribution in [0.25, 0.3) is 0 Å². The van der Waals surface area contributed by atoms with Crippen molar-refractivity contribution < 1.29 is 19.6 Å². The molecule has 1 aliphatic carbocycles. The van der Waals surface area contributed by atoms with Gasteiger partial charge in [0.1, 0.15) is 5.75 Å². The van der Waals surface area contributed by atoms with Crippen LogP contribution in [-0.4, -0.2) is 15.9 Å². The Morgan fingerprint density at radius 2 is 2.08 bits per heavy atom. The van der Waals surface area contributed by atoms with Gasteiger partial charge in [-0.05, 0) is 43.0 Å². The van der Waals surface area contributed by atoms with Crippen LogP contribution < -0.4 is 10.5 Å². The molecular formula is C17H16N2O5. The molecule has 7 heteroatoms. The molecule has 0 unspecified atom stereocenters. The second kappa shape index (κ2) is 6.29. The van der Waals surface area contributed by atoms with Gasteiger partial charge in [-0.2, -0.15) is 0 Å². The SMILES string of the molecule is NC(=O)c1ccc(Oc2cccc3c2CCC[C@@H]3O)c([N+](=O)[O-])c1. The van der Waals surface area contributed by atoms with Crippen LogP contribution >= 0.6 is 0 Å². The van der Waals surface area contributed by atoms with Crippen molar-refractivity contribution in [2.24, 2.45) is 5.73 Å². The van der Waals surface area contributed by atoms with E-state index in [1.54, 1.807) is 12.1 Å². The van der Waals surface area contributed by atoms with Crippen molar-refractivity contribution in [3.63, 3.8) is 0 Å². The first-order chi connectivity index (χ1) is 11.5. The number of primary amides is 1. The number of aliphatic hydroxyl groups is 1. The Labute approximate surface area is 137 Å². The third-order valence-electron chi connectivity index (χ3n) is 4.09. The first kappa shape index (κ1) is 15.9. The van der Waals surface area contributed by atoms with Gasteiger partial charge in [0, 0.05) is 17.2 Å². The van der Waals surface area contributed by atoms with Gasteiger partial charge in [-0.25, -0.2) is 0 Å². The fourth-order valence-electron chi connectivity index (χ4n) is 2.90. The molecular weight excluding hydrogens is 312 g/mol. The maximum Gasteiger partial charge on any atom is 0.312 e. The number of benzene rings is 2. The molecule has 2 aromatic rings. The Kier molecular flexibility index (Phi) is 4.18. The Morgan fingerprint density at radius 1 is 1.29 bits per heavy atom. The third kappa shape index (κ3) is 2.93. The first-order valence-corrected chi connectivity index (χ1v) is 7.53. The van der Waals surface area contributed by atoms with Crippen molar-refractivity contribution in [2.75, 3.05) is 0 Å². The highest BCUT2D eigenvalue weighted by Gasteiger charge is 2.23. The lowest BCUT2D eigenvalue weighted by atomic mass is 9.89. The molecule has 0 radical (unpaired) electrons. The highest BCUT2D eigenvalue weighted by molar-refractivity contribution is 5.93. The average molecular weight is 328 g/mol. The summed E-state index contributed by atoms with van der Waals surface area (Å²) >= 11 is 0. The van der Waals surface area contributed by atoms with Gasteiger partial charge in [0.15, 0.2) is 0 Å². The van der Waals surface area contributed by atoms with Crippen LogP contribution in [0.1, 0.15) is 40.4 Å². The number of amides is 1. The number of nitro groups is 1. The van der Waals surface area contributed by atoms with Crippen molar-refractivity contribution in [3.8, 4) is 11.5 Å². The van der Waals surface area contributed by atoms with E-state index in [9.17, 15) is 20.0 Å². The lowest BCUT2D eigenvalue weighted by Crippen LogP contribution is -2.12. The van der Waals surface area contributed by atoms with Gasteiger partial charge in [0.2, 0.25) is 11.7 Å². The zero-order chi connectivity index (χ0) is 17.3. The molecule has 0 aliphatic heterocycles. The van der Waals surface area contributed by atoms with Gasteiger partial charge in [0.05, 0.1) is 11.0 Å². The van der Waals surface area contributed by atoms with Crippen LogP contribution in [0.4, 0.5) is 5.69 Å². The monoisotopic (exact) mass is 328 g/mol. The van der Waals surface area contributed by atoms with Crippen LogP contribution in [0.15, 0.2) is 36.4 Å². The van der Waals surface area contributed by atoms with Crippen LogP contribution in [0.5, 0.6) is 11.5 Å². The number of carbonyl (C=O) groups excluding carboxylic acids is 1. The molecule has 1 amide bonds. The summed E-state index contributed by atoms with van der Waals surface area (Å²) in [5.41, 5.74) is 6.51. The summed E-state index contributed by atoms with van der Waals surface area (Å²) in [4.78, 5) is 21.8. The van der Waals surface area contributed by atoms with E-state index in [2.05, 4.69) is 0 Å². The molecule has 7 nitrogen and oxygen atoms in total. The summed E-state index contributed by atoms with van der Waals surface area (Å²) in [7, 11) is 0. The lowest BCUT2D eigenvalue weighted by Gasteiger charge is -2.23. The van der Waals surface area contributed by atoms with Gasteiger partial charge in [-0.15, -0.1) is 0 Å². The van der Waals surface area contributed by atoms with Crippen LogP contribution in [0.2, 0.25) is 0 Å². The Balaban J connectivity index is 2.02. The Hall–Kier alpha value is -2.93. The van der Waals surface area contributed by atoms with Crippen molar-refractivity contribution in [1.29, 1.82) is 0 Å². The normalized spacial score (nSPS) is 16.3. The van der Waals surface area contributed by atoms with Crippen molar-refractivity contribution in [2.45, 2.75) is 25.4 Å². The summed E-state index contributed by atoms with van der Waals surface area (Å²) in [6.07, 6.45) is 1.68. The molecule has 24 heavy (non-hydrogen) atoms. The van der Waals surface area contributed by atoms with Crippen molar-refractivity contribution in [3.05, 3.63) is 63.2 Å². The smallest absolute Gasteiger partial charge is 0.312 e. The lowest BCUT2D eigenvalue weighted by molar-refractivity contribution is -0.385. The van der Waals surface area contributed by atoms with Gasteiger partial charge in [0.25, 0.3) is 0 Å². The summed E-state index contributed by atoms with van der Waals surface area (Å²) in [6.45, 7) is 0. The molecule has 3 N–H and O–H groups in total. The minimum Gasteiger partial charge on any atom is -0.450 e. The number of nitrogens with two attached hydrogens (primary N) is 1. The van der Waals surface area contributed by atoms with Crippen LogP contribution in [0, 0.1) is 10.1 Å². The van der Waals surface area contributed by atoms with Gasteiger partial charge in [-0.3, -0.25) is 14.9 Å². The number of nitrogens with zero attached hydrogens (tertiary/aromatic N) is 1. The number of hydrogen-bond acceptors (Lipinski definition) is 5. The standard InChI is InChI=1S/C17H16N2O5/c18-17(21)10-7-8-16(13(9-10)19(22)23)24-15-6-2-3-11-12(15)4-1-5-14(11)20/h2-3,6-9,14,20H,1,4-5H2,(H2,18,21)/t14-/m0/s1. The molecule has 1 aliphatic rings. The fraction of sp³-hybridized carbons (Fsp3) is 0.235. The summed E-state index contributed by atoms with van der Waals surface area (Å²) in [5.74, 6) is -0.246. The zero-order valence-electron chi connectivity index (χ0n) is 12.8. The number of ether oxygens (including phenoxy) is 1. The molecule has 0 saturated carbocycles. The van der Waals surface area contributed by atoms with Crippen LogP contribution in [-0.2, 0) is 6.42 Å². The maximum atomic E-state index is 11.3. The van der Waals surface area contributed by atoms with E-state index in [0.29, 0.717) is 12.2 Å². The number of nitro benzene ring substituents is 1. The number of hydrogen-bond donors (Lipinski definition) is 2. The second-order valence-electron chi connectivity index (χ2n) is 5.64. The molecule has 0 fully saturated rings. The van der Waals surface area contributed by atoms with E-state index < -0.39 is 16.9 Å². The molecule has 124 valence electrons. The molecule has 0 spiro atoms. The zero-order valence-corrected chi connectivity index (χ0v) is 12.8. The highest BCUT2D eigenvalue weighted by atomic mass is 16.6. The van der Waals surface area contributed by atoms with E-state index in [-0.39, 0.29) is 17.0 Å². The Morgan fingerprint density at radius 3 is 2.79 bits per heavy atom. The predicted octanol–water partition coefficient (Wildman–Crippen LogP) is 2.86. The summed E-state index contributed by atoms with van der Waals surface area (Å²) in [6, 6.07) is 9.12. The average Bonchev–Trinajstić information content (AvgIpc) is 2.56. The summed E-state index contributed by atoms with van der Waals surface area (Å²) < 4.78 is 5.75. The van der Waals surface area contributed by atoms with Gasteiger partial charge >= 0.3 is 5.69 Å². The molecule has 3 rings (SSSR count). The largest absolute Gasteiger partial charge is 0.450 e. The quantitative estimate of drug-likeness (QED) is 0.661. The first-order valence-electron chi connectivity index (χ1n) is 7.53. The van der Waals surface area contributed by atoms with Crippen LogP contribution in [0.3, 0.4) is 0 Å². The molecule has 0 saturated heterocycles. The number of fused-ring (bicyclic) bond motifs is 1. The summed E-state index contributed by atoms with van der Waals surface area (Å²) in [5, 5.41) is 21.3. The van der Waals surface area contributed by atoms with E-state index in [4.69, 9.17) is 10.5 Å². The minimum atomic E-state index is -0.745. The number of rotatable bonds is 4. The molecule has 0 heterocycles. The molecule has 0 aromatic heterocycles. The second-order valence-corrected chi connectivity index (χ2v) is 5.64. The minimum absolute atomic E-state index is 0.0264. The predicted molar refractivity (Wildman–Crippen MR) is 86.0 cm³/mol. The van der Waals surface area contributed by atoms with E-state index in [0.717, 1.165) is 30.0 Å².